The van der Waals surface area contributed by atoms with Crippen molar-refractivity contribution in [2.75, 3.05) is 42.9 Å². The number of piperazine rings is 1. The van der Waals surface area contributed by atoms with Gasteiger partial charge in [0.2, 0.25) is 5.91 Å². The van der Waals surface area contributed by atoms with Crippen LogP contribution in [-0.4, -0.2) is 48.6 Å². The summed E-state index contributed by atoms with van der Waals surface area (Å²) in [5.74, 6) is 0.169. The summed E-state index contributed by atoms with van der Waals surface area (Å²) in [6.07, 6.45) is 0. The molecule has 1 saturated heterocycles. The van der Waals surface area contributed by atoms with Crippen LogP contribution in [0.4, 0.5) is 11.4 Å². The minimum Gasteiger partial charge on any atom is -0.508 e. The summed E-state index contributed by atoms with van der Waals surface area (Å²) in [6.45, 7) is 3.58. The largest absolute Gasteiger partial charge is 0.508 e. The highest BCUT2D eigenvalue weighted by atomic mass is 35.5. The van der Waals surface area contributed by atoms with Crippen LogP contribution in [0.15, 0.2) is 42.5 Å². The molecule has 0 unspecified atom stereocenters. The highest BCUT2D eigenvalue weighted by molar-refractivity contribution is 6.36. The molecule has 1 aliphatic rings. The van der Waals surface area contributed by atoms with Crippen LogP contribution in [0.2, 0.25) is 10.0 Å². The molecular formula is C18H19Cl2N3O2. The number of anilines is 2. The maximum absolute atomic E-state index is 12.2. The Morgan fingerprint density at radius 2 is 1.72 bits per heavy atom. The molecule has 0 aliphatic carbocycles. The van der Waals surface area contributed by atoms with Crippen LogP contribution >= 0.6 is 23.2 Å². The molecule has 132 valence electrons. The van der Waals surface area contributed by atoms with Gasteiger partial charge >= 0.3 is 0 Å². The lowest BCUT2D eigenvalue weighted by Crippen LogP contribution is -2.48. The number of halogens is 2. The standard InChI is InChI=1S/C18H19Cl2N3O2/c19-13-1-6-17(16(20)11-13)21-18(25)12-22-7-9-23(10-8-22)14-2-4-15(24)5-3-14/h1-6,11,24H,7-10,12H2,(H,21,25). The number of rotatable bonds is 4. The van der Waals surface area contributed by atoms with E-state index >= 15 is 0 Å². The van der Waals surface area contributed by atoms with E-state index in [9.17, 15) is 9.90 Å². The van der Waals surface area contributed by atoms with Crippen molar-refractivity contribution in [3.05, 3.63) is 52.5 Å². The number of amides is 1. The molecule has 2 N–H and O–H groups in total. The second-order valence-corrected chi connectivity index (χ2v) is 6.80. The quantitative estimate of drug-likeness (QED) is 0.853. The van der Waals surface area contributed by atoms with Crippen LogP contribution in [0, 0.1) is 0 Å². The summed E-state index contributed by atoms with van der Waals surface area (Å²) in [4.78, 5) is 16.6. The first-order valence-corrected chi connectivity index (χ1v) is 8.78. The van der Waals surface area contributed by atoms with Crippen molar-refractivity contribution in [2.24, 2.45) is 0 Å². The molecule has 3 rings (SSSR count). The summed E-state index contributed by atoms with van der Waals surface area (Å²) in [5, 5.41) is 13.1. The molecule has 0 atom stereocenters. The number of nitrogens with one attached hydrogen (secondary N) is 1. The highest BCUT2D eigenvalue weighted by Crippen LogP contribution is 2.25. The Morgan fingerprint density at radius 3 is 2.36 bits per heavy atom. The monoisotopic (exact) mass is 379 g/mol. The normalized spacial score (nSPS) is 15.2. The van der Waals surface area contributed by atoms with Crippen LogP contribution in [-0.2, 0) is 4.79 Å². The van der Waals surface area contributed by atoms with E-state index in [2.05, 4.69) is 15.1 Å². The van der Waals surface area contributed by atoms with Gasteiger partial charge in [-0.2, -0.15) is 0 Å². The molecule has 0 aromatic heterocycles. The first-order valence-electron chi connectivity index (χ1n) is 8.02. The van der Waals surface area contributed by atoms with Gasteiger partial charge in [-0.25, -0.2) is 0 Å². The van der Waals surface area contributed by atoms with Crippen LogP contribution in [0.25, 0.3) is 0 Å². The fourth-order valence-corrected chi connectivity index (χ4v) is 3.27. The van der Waals surface area contributed by atoms with Gasteiger partial charge in [0.25, 0.3) is 0 Å². The van der Waals surface area contributed by atoms with E-state index < -0.39 is 0 Å². The van der Waals surface area contributed by atoms with Gasteiger partial charge in [-0.1, -0.05) is 23.2 Å². The van der Waals surface area contributed by atoms with Crippen LogP contribution in [0.1, 0.15) is 0 Å². The average molecular weight is 380 g/mol. The third-order valence-electron chi connectivity index (χ3n) is 4.16. The molecule has 1 heterocycles. The van der Waals surface area contributed by atoms with Gasteiger partial charge in [-0.3, -0.25) is 9.69 Å². The molecular weight excluding hydrogens is 361 g/mol. The predicted octanol–water partition coefficient (Wildman–Crippen LogP) is 3.46. The van der Waals surface area contributed by atoms with Gasteiger partial charge in [-0.05, 0) is 42.5 Å². The summed E-state index contributed by atoms with van der Waals surface area (Å²) < 4.78 is 0. The molecule has 0 bridgehead atoms. The highest BCUT2D eigenvalue weighted by Gasteiger charge is 2.19. The van der Waals surface area contributed by atoms with Crippen molar-refractivity contribution in [3.63, 3.8) is 0 Å². The Balaban J connectivity index is 1.50. The fourth-order valence-electron chi connectivity index (χ4n) is 2.81. The van der Waals surface area contributed by atoms with Crippen molar-refractivity contribution in [1.82, 2.24) is 4.90 Å². The zero-order valence-electron chi connectivity index (χ0n) is 13.6. The number of benzene rings is 2. The molecule has 2 aromatic carbocycles. The molecule has 1 aliphatic heterocycles. The van der Waals surface area contributed by atoms with Crippen molar-refractivity contribution in [2.45, 2.75) is 0 Å². The van der Waals surface area contributed by atoms with Gasteiger partial charge in [0.15, 0.2) is 0 Å². The van der Waals surface area contributed by atoms with Crippen molar-refractivity contribution in [3.8, 4) is 5.75 Å². The summed E-state index contributed by atoms with van der Waals surface area (Å²) in [7, 11) is 0. The maximum Gasteiger partial charge on any atom is 0.238 e. The van der Waals surface area contributed by atoms with Gasteiger partial charge in [0.05, 0.1) is 17.3 Å². The molecule has 0 saturated carbocycles. The van der Waals surface area contributed by atoms with E-state index in [-0.39, 0.29) is 11.7 Å². The van der Waals surface area contributed by atoms with Crippen molar-refractivity contribution in [1.29, 1.82) is 0 Å². The minimum atomic E-state index is -0.0951. The Kier molecular flexibility index (Phi) is 5.68. The number of phenols is 1. The lowest BCUT2D eigenvalue weighted by molar-refractivity contribution is -0.117. The Hall–Kier alpha value is -1.95. The molecule has 5 nitrogen and oxygen atoms in total. The summed E-state index contributed by atoms with van der Waals surface area (Å²) in [5.41, 5.74) is 1.65. The SMILES string of the molecule is O=C(CN1CCN(c2ccc(O)cc2)CC1)Nc1ccc(Cl)cc1Cl. The molecule has 1 fully saturated rings. The van der Waals surface area contributed by atoms with Gasteiger partial charge < -0.3 is 15.3 Å². The zero-order chi connectivity index (χ0) is 17.8. The van der Waals surface area contributed by atoms with Crippen LogP contribution in [0.5, 0.6) is 5.75 Å². The summed E-state index contributed by atoms with van der Waals surface area (Å²) >= 11 is 11.9. The Labute approximate surface area is 156 Å². The molecule has 0 spiro atoms. The first kappa shape index (κ1) is 17.9. The number of nitrogens with zero attached hydrogens (tertiary/aromatic N) is 2. The molecule has 2 aromatic rings. The lowest BCUT2D eigenvalue weighted by Gasteiger charge is -2.35. The van der Waals surface area contributed by atoms with Crippen LogP contribution < -0.4 is 10.2 Å². The number of hydrogen-bond acceptors (Lipinski definition) is 4. The Bertz CT molecular complexity index is 744. The smallest absolute Gasteiger partial charge is 0.238 e. The van der Waals surface area contributed by atoms with Gasteiger partial charge in [0, 0.05) is 36.9 Å². The number of carbonyl (C=O) groups excluding carboxylic acids is 1. The zero-order valence-corrected chi connectivity index (χ0v) is 15.1. The molecule has 25 heavy (non-hydrogen) atoms. The molecule has 1 amide bonds. The number of carbonyl (C=O) groups is 1. The van der Waals surface area contributed by atoms with E-state index in [0.717, 1.165) is 31.9 Å². The third kappa shape index (κ3) is 4.78. The average Bonchev–Trinajstić information content (AvgIpc) is 2.59. The first-order chi connectivity index (χ1) is 12.0. The fraction of sp³-hybridized carbons (Fsp3) is 0.278. The van der Waals surface area contributed by atoms with E-state index in [1.807, 2.05) is 12.1 Å². The van der Waals surface area contributed by atoms with E-state index in [1.165, 1.54) is 0 Å². The number of hydrogen-bond donors (Lipinski definition) is 2. The predicted molar refractivity (Wildman–Crippen MR) is 102 cm³/mol. The van der Waals surface area contributed by atoms with E-state index in [4.69, 9.17) is 23.2 Å². The van der Waals surface area contributed by atoms with Crippen molar-refractivity contribution < 1.29 is 9.90 Å². The lowest BCUT2D eigenvalue weighted by atomic mass is 10.2. The van der Waals surface area contributed by atoms with Gasteiger partial charge in [-0.15, -0.1) is 0 Å². The third-order valence-corrected chi connectivity index (χ3v) is 4.71. The number of phenolic OH excluding ortho intramolecular Hbond substituents is 1. The second-order valence-electron chi connectivity index (χ2n) is 5.95. The molecule has 7 heteroatoms. The van der Waals surface area contributed by atoms with E-state index in [0.29, 0.717) is 22.3 Å². The van der Waals surface area contributed by atoms with Crippen molar-refractivity contribution >= 4 is 40.5 Å². The molecule has 0 radical (unpaired) electrons. The second kappa shape index (κ2) is 7.95. The van der Waals surface area contributed by atoms with Gasteiger partial charge in [0.1, 0.15) is 5.75 Å². The minimum absolute atomic E-state index is 0.0951. The topological polar surface area (TPSA) is 55.8 Å². The number of aromatic hydroxyl groups is 1. The maximum atomic E-state index is 12.2. The summed E-state index contributed by atoms with van der Waals surface area (Å²) in [6, 6.07) is 12.2. The van der Waals surface area contributed by atoms with Crippen LogP contribution in [0.3, 0.4) is 0 Å². The Morgan fingerprint density at radius 1 is 1.04 bits per heavy atom. The van der Waals surface area contributed by atoms with E-state index in [1.54, 1.807) is 30.3 Å².